The molecule has 0 bridgehead atoms. The topological polar surface area (TPSA) is 99.3 Å². The Morgan fingerprint density at radius 2 is 1.70 bits per heavy atom. The number of halogens is 3. The summed E-state index contributed by atoms with van der Waals surface area (Å²) < 4.78 is 78.4. The average Bonchev–Trinajstić information content (AvgIpc) is 3.72. The Bertz CT molecular complexity index is 1460. The summed E-state index contributed by atoms with van der Waals surface area (Å²) in [7, 11) is -4.58. The molecular weight excluding hydrogens is 585 g/mol. The SMILES string of the molecule is CC(C)NC(=O)CN1CCN(C(=O)OC2([C@H]3CCC[C@@H](c4cccc(F)c4)N3S(=O)(=O)c3ccc(F)cc3F)CC2)CC1. The third-order valence-corrected chi connectivity index (χ3v) is 10.3. The predicted octanol–water partition coefficient (Wildman–Crippen LogP) is 4.20. The van der Waals surface area contributed by atoms with E-state index in [0.717, 1.165) is 16.4 Å². The van der Waals surface area contributed by atoms with Gasteiger partial charge in [-0.3, -0.25) is 9.69 Å². The first-order valence-electron chi connectivity index (χ1n) is 14.6. The normalized spacial score (nSPS) is 22.8. The molecule has 2 aromatic carbocycles. The number of ether oxygens (including phenoxy) is 1. The maximum atomic E-state index is 14.9. The van der Waals surface area contributed by atoms with E-state index in [-0.39, 0.29) is 18.5 Å². The number of nitrogens with zero attached hydrogens (tertiary/aromatic N) is 3. The largest absolute Gasteiger partial charge is 0.441 e. The van der Waals surface area contributed by atoms with Gasteiger partial charge in [-0.15, -0.1) is 0 Å². The van der Waals surface area contributed by atoms with Crippen molar-refractivity contribution >= 4 is 22.0 Å². The number of benzene rings is 2. The van der Waals surface area contributed by atoms with Crippen molar-refractivity contribution in [1.29, 1.82) is 0 Å². The highest BCUT2D eigenvalue weighted by Crippen LogP contribution is 2.52. The standard InChI is InChI=1S/C30H37F3N4O5S/c1-20(2)34-28(38)19-35-13-15-36(16-14-35)29(39)42-30(11-12-30)27-8-4-7-25(21-5-3-6-22(31)17-21)37(27)43(40,41)26-10-9-23(32)18-24(26)33/h3,5-6,9-10,17-18,20,25,27H,4,7-8,11-16,19H2,1-2H3,(H,34,38)/t25-,27+/m0/s1. The lowest BCUT2D eigenvalue weighted by atomic mass is 9.90. The van der Waals surface area contributed by atoms with E-state index in [4.69, 9.17) is 4.74 Å². The Kier molecular flexibility index (Phi) is 9.05. The molecule has 1 N–H and O–H groups in total. The minimum absolute atomic E-state index is 0.0294. The van der Waals surface area contributed by atoms with E-state index in [9.17, 15) is 31.2 Å². The summed E-state index contributed by atoms with van der Waals surface area (Å²) in [4.78, 5) is 28.3. The van der Waals surface area contributed by atoms with Gasteiger partial charge in [-0.2, -0.15) is 4.31 Å². The van der Waals surface area contributed by atoms with E-state index in [1.165, 1.54) is 18.2 Å². The Hall–Kier alpha value is -3.16. The number of amides is 2. The van der Waals surface area contributed by atoms with Gasteiger partial charge in [0.1, 0.15) is 27.9 Å². The molecule has 3 fully saturated rings. The Balaban J connectivity index is 1.38. The van der Waals surface area contributed by atoms with Gasteiger partial charge in [0.15, 0.2) is 0 Å². The lowest BCUT2D eigenvalue weighted by molar-refractivity contribution is -0.123. The molecule has 0 spiro atoms. The zero-order valence-corrected chi connectivity index (χ0v) is 25.1. The lowest BCUT2D eigenvalue weighted by Gasteiger charge is -2.45. The molecule has 1 aliphatic carbocycles. The average molecular weight is 623 g/mol. The molecule has 3 aliphatic rings. The fourth-order valence-corrected chi connectivity index (χ4v) is 8.12. The number of nitrogens with one attached hydrogen (secondary N) is 1. The zero-order chi connectivity index (χ0) is 30.9. The van der Waals surface area contributed by atoms with E-state index in [1.54, 1.807) is 11.0 Å². The van der Waals surface area contributed by atoms with E-state index in [0.29, 0.717) is 69.9 Å². The smallest absolute Gasteiger partial charge is 0.410 e. The summed E-state index contributed by atoms with van der Waals surface area (Å²) in [5, 5.41) is 2.85. The Labute approximate surface area is 250 Å². The highest BCUT2D eigenvalue weighted by molar-refractivity contribution is 7.89. The van der Waals surface area contributed by atoms with E-state index < -0.39 is 56.1 Å². The van der Waals surface area contributed by atoms with Crippen molar-refractivity contribution in [1.82, 2.24) is 19.4 Å². The van der Waals surface area contributed by atoms with Crippen LogP contribution in [0.25, 0.3) is 0 Å². The van der Waals surface area contributed by atoms with Crippen LogP contribution in [0, 0.1) is 17.5 Å². The molecule has 2 heterocycles. The Morgan fingerprint density at radius 1 is 1.00 bits per heavy atom. The fourth-order valence-electron chi connectivity index (χ4n) is 6.16. The summed E-state index contributed by atoms with van der Waals surface area (Å²) in [5.74, 6) is -2.78. The number of carbonyl (C=O) groups is 2. The molecule has 2 atom stereocenters. The number of rotatable bonds is 8. The van der Waals surface area contributed by atoms with Gasteiger partial charge in [-0.05, 0) is 75.8 Å². The maximum absolute atomic E-state index is 14.9. The molecule has 2 saturated heterocycles. The van der Waals surface area contributed by atoms with E-state index in [2.05, 4.69) is 5.32 Å². The molecule has 0 unspecified atom stereocenters. The Morgan fingerprint density at radius 3 is 2.33 bits per heavy atom. The monoisotopic (exact) mass is 622 g/mol. The molecule has 234 valence electrons. The van der Waals surface area contributed by atoms with Crippen molar-refractivity contribution in [2.75, 3.05) is 32.7 Å². The summed E-state index contributed by atoms with van der Waals surface area (Å²) in [6, 6.07) is 6.24. The number of hydrogen-bond donors (Lipinski definition) is 1. The van der Waals surface area contributed by atoms with E-state index >= 15 is 0 Å². The first-order chi connectivity index (χ1) is 20.4. The van der Waals surface area contributed by atoms with Crippen LogP contribution >= 0.6 is 0 Å². The molecule has 0 radical (unpaired) electrons. The van der Waals surface area contributed by atoms with Crippen LogP contribution in [0.1, 0.15) is 57.6 Å². The van der Waals surface area contributed by atoms with Crippen molar-refractivity contribution in [3.8, 4) is 0 Å². The molecule has 13 heteroatoms. The number of piperazine rings is 1. The highest BCUT2D eigenvalue weighted by atomic mass is 32.2. The molecule has 2 aromatic rings. The lowest BCUT2D eigenvalue weighted by Crippen LogP contribution is -2.56. The number of sulfonamides is 1. The maximum Gasteiger partial charge on any atom is 0.410 e. The molecule has 0 aromatic heterocycles. The summed E-state index contributed by atoms with van der Waals surface area (Å²) in [6.45, 7) is 5.61. The molecular formula is C30H37F3N4O5S. The second-order valence-electron chi connectivity index (χ2n) is 11.8. The van der Waals surface area contributed by atoms with E-state index in [1.807, 2.05) is 18.7 Å². The number of carbonyl (C=O) groups excluding carboxylic acids is 2. The van der Waals surface area contributed by atoms with Crippen LogP contribution in [-0.2, 0) is 19.6 Å². The molecule has 2 amide bonds. The number of hydrogen-bond acceptors (Lipinski definition) is 6. The quantitative estimate of drug-likeness (QED) is 0.474. The third-order valence-electron chi connectivity index (χ3n) is 8.34. The summed E-state index contributed by atoms with van der Waals surface area (Å²) in [6.07, 6.45) is 1.50. The third kappa shape index (κ3) is 6.83. The minimum Gasteiger partial charge on any atom is -0.441 e. The highest BCUT2D eigenvalue weighted by Gasteiger charge is 2.60. The first-order valence-corrected chi connectivity index (χ1v) is 16.1. The fraction of sp³-hybridized carbons (Fsp3) is 0.533. The van der Waals surface area contributed by atoms with Crippen molar-refractivity contribution in [3.63, 3.8) is 0 Å². The van der Waals surface area contributed by atoms with Crippen molar-refractivity contribution in [2.24, 2.45) is 0 Å². The molecule has 5 rings (SSSR count). The van der Waals surface area contributed by atoms with Crippen LogP contribution in [0.3, 0.4) is 0 Å². The van der Waals surface area contributed by atoms with Crippen molar-refractivity contribution < 1.29 is 35.9 Å². The van der Waals surface area contributed by atoms with Gasteiger partial charge >= 0.3 is 6.09 Å². The van der Waals surface area contributed by atoms with Crippen LogP contribution in [0.2, 0.25) is 0 Å². The van der Waals surface area contributed by atoms with Gasteiger partial charge in [0, 0.05) is 38.3 Å². The molecule has 43 heavy (non-hydrogen) atoms. The van der Waals surface area contributed by atoms with Crippen molar-refractivity contribution in [3.05, 3.63) is 65.5 Å². The van der Waals surface area contributed by atoms with Crippen LogP contribution in [0.15, 0.2) is 47.4 Å². The van der Waals surface area contributed by atoms with Crippen LogP contribution in [-0.4, -0.2) is 84.9 Å². The molecule has 1 saturated carbocycles. The summed E-state index contributed by atoms with van der Waals surface area (Å²) in [5.41, 5.74) is -0.739. The van der Waals surface area contributed by atoms with Gasteiger partial charge < -0.3 is 15.0 Å². The molecule has 2 aliphatic heterocycles. The van der Waals surface area contributed by atoms with Gasteiger partial charge in [0.2, 0.25) is 15.9 Å². The summed E-state index contributed by atoms with van der Waals surface area (Å²) >= 11 is 0. The van der Waals surface area contributed by atoms with Crippen LogP contribution in [0.5, 0.6) is 0 Å². The predicted molar refractivity (Wildman–Crippen MR) is 152 cm³/mol. The van der Waals surface area contributed by atoms with Gasteiger partial charge in [-0.25, -0.2) is 26.4 Å². The van der Waals surface area contributed by atoms with Gasteiger partial charge in [-0.1, -0.05) is 12.1 Å². The number of piperidine rings is 1. The minimum atomic E-state index is -4.58. The second-order valence-corrected chi connectivity index (χ2v) is 13.7. The van der Waals surface area contributed by atoms with Crippen molar-refractivity contribution in [2.45, 2.75) is 74.6 Å². The first kappa shape index (κ1) is 31.3. The second kappa shape index (κ2) is 12.4. The molecule has 9 nitrogen and oxygen atoms in total. The van der Waals surface area contributed by atoms with Gasteiger partial charge in [0.25, 0.3) is 0 Å². The zero-order valence-electron chi connectivity index (χ0n) is 24.3. The van der Waals surface area contributed by atoms with Gasteiger partial charge in [0.05, 0.1) is 18.6 Å². The van der Waals surface area contributed by atoms with Crippen LogP contribution in [0.4, 0.5) is 18.0 Å². The van der Waals surface area contributed by atoms with Crippen LogP contribution < -0.4 is 5.32 Å².